The minimum absolute atomic E-state index is 0.115. The summed E-state index contributed by atoms with van der Waals surface area (Å²) in [5.41, 5.74) is -0.183. The number of hydrogen-bond donors (Lipinski definition) is 2. The van der Waals surface area contributed by atoms with Gasteiger partial charge in [-0.1, -0.05) is 20.8 Å². The summed E-state index contributed by atoms with van der Waals surface area (Å²) in [6.07, 6.45) is 3.11. The van der Waals surface area contributed by atoms with Gasteiger partial charge in [0.25, 0.3) is 10.2 Å². The first-order chi connectivity index (χ1) is 9.62. The predicted molar refractivity (Wildman–Crippen MR) is 82.2 cm³/mol. The zero-order valence-corrected chi connectivity index (χ0v) is 14.1. The molecule has 0 aromatic rings. The van der Waals surface area contributed by atoms with Crippen LogP contribution in [0.2, 0.25) is 0 Å². The van der Waals surface area contributed by atoms with Gasteiger partial charge in [-0.15, -0.1) is 0 Å². The maximum Gasteiger partial charge on any atom is 0.303 e. The van der Waals surface area contributed by atoms with Crippen molar-refractivity contribution in [3.63, 3.8) is 0 Å². The molecule has 0 aromatic carbocycles. The van der Waals surface area contributed by atoms with Crippen molar-refractivity contribution in [3.8, 4) is 0 Å². The third-order valence-corrected chi connectivity index (χ3v) is 5.80. The largest absolute Gasteiger partial charge is 0.481 e. The molecule has 0 unspecified atom stereocenters. The molecule has 0 atom stereocenters. The zero-order chi connectivity index (χ0) is 16.1. The molecule has 0 aromatic heterocycles. The molecular weight excluding hydrogens is 292 g/mol. The van der Waals surface area contributed by atoms with Gasteiger partial charge in [-0.05, 0) is 37.0 Å². The molecule has 1 heterocycles. The number of carbonyl (C=O) groups is 1. The van der Waals surface area contributed by atoms with Crippen LogP contribution in [0.3, 0.4) is 0 Å². The summed E-state index contributed by atoms with van der Waals surface area (Å²) < 4.78 is 28.5. The minimum atomic E-state index is -3.39. The Morgan fingerprint density at radius 2 is 1.86 bits per heavy atom. The van der Waals surface area contributed by atoms with Crippen LogP contribution in [0, 0.1) is 11.3 Å². The molecule has 6 nitrogen and oxygen atoms in total. The van der Waals surface area contributed by atoms with Crippen LogP contribution in [0.5, 0.6) is 0 Å². The second-order valence-corrected chi connectivity index (χ2v) is 8.54. The van der Waals surface area contributed by atoms with E-state index in [0.717, 1.165) is 12.8 Å². The molecule has 0 spiro atoms. The summed E-state index contributed by atoms with van der Waals surface area (Å²) in [7, 11) is -3.39. The molecule has 1 fully saturated rings. The van der Waals surface area contributed by atoms with E-state index < -0.39 is 16.2 Å². The quantitative estimate of drug-likeness (QED) is 0.714. The zero-order valence-electron chi connectivity index (χ0n) is 13.3. The molecule has 1 rings (SSSR count). The Hall–Kier alpha value is -0.660. The fourth-order valence-electron chi connectivity index (χ4n) is 2.41. The molecule has 0 radical (unpaired) electrons. The van der Waals surface area contributed by atoms with Crippen LogP contribution < -0.4 is 4.72 Å². The van der Waals surface area contributed by atoms with Gasteiger partial charge in [-0.2, -0.15) is 12.7 Å². The van der Waals surface area contributed by atoms with E-state index >= 15 is 0 Å². The Labute approximate surface area is 128 Å². The number of aliphatic carboxylic acids is 1. The second-order valence-electron chi connectivity index (χ2n) is 6.79. The maximum atomic E-state index is 12.2. The van der Waals surface area contributed by atoms with Crippen molar-refractivity contribution in [2.75, 3.05) is 19.6 Å². The van der Waals surface area contributed by atoms with Crippen LogP contribution in [0.1, 0.15) is 52.9 Å². The Morgan fingerprint density at radius 3 is 2.38 bits per heavy atom. The highest BCUT2D eigenvalue weighted by Gasteiger charge is 2.27. The first kappa shape index (κ1) is 18.4. The topological polar surface area (TPSA) is 86.7 Å². The molecule has 0 saturated carbocycles. The Balaban J connectivity index is 2.38. The normalized spacial score (nSPS) is 18.8. The fraction of sp³-hybridized carbons (Fsp3) is 0.929. The number of nitrogens with one attached hydrogen (secondary N) is 1. The lowest BCUT2D eigenvalue weighted by Gasteiger charge is -2.30. The number of carboxylic acid groups (broad SMARTS) is 1. The molecule has 124 valence electrons. The molecule has 2 N–H and O–H groups in total. The number of piperidine rings is 1. The van der Waals surface area contributed by atoms with E-state index in [1.54, 1.807) is 0 Å². The summed E-state index contributed by atoms with van der Waals surface area (Å²) >= 11 is 0. The average Bonchev–Trinajstić information content (AvgIpc) is 2.36. The standard InChI is InChI=1S/C14H28N2O4S/c1-12-5-10-16(11-6-12)21(19,20)15-9-8-14(2,3)7-4-13(17)18/h12,15H,4-11H2,1-3H3,(H,17,18). The van der Waals surface area contributed by atoms with Crippen molar-refractivity contribution < 1.29 is 18.3 Å². The van der Waals surface area contributed by atoms with E-state index in [2.05, 4.69) is 11.6 Å². The van der Waals surface area contributed by atoms with Crippen molar-refractivity contribution in [2.24, 2.45) is 11.3 Å². The smallest absolute Gasteiger partial charge is 0.303 e. The van der Waals surface area contributed by atoms with Gasteiger partial charge in [0.15, 0.2) is 0 Å². The van der Waals surface area contributed by atoms with Crippen LogP contribution in [-0.2, 0) is 15.0 Å². The first-order valence-electron chi connectivity index (χ1n) is 7.59. The molecule has 0 bridgehead atoms. The van der Waals surface area contributed by atoms with Gasteiger partial charge in [0.2, 0.25) is 0 Å². The molecule has 0 amide bonds. The monoisotopic (exact) mass is 320 g/mol. The fourth-order valence-corrected chi connectivity index (χ4v) is 3.64. The van der Waals surface area contributed by atoms with E-state index in [-0.39, 0.29) is 11.8 Å². The summed E-state index contributed by atoms with van der Waals surface area (Å²) in [6.45, 7) is 7.58. The third kappa shape index (κ3) is 6.76. The highest BCUT2D eigenvalue weighted by atomic mass is 32.2. The van der Waals surface area contributed by atoms with Gasteiger partial charge in [-0.25, -0.2) is 4.72 Å². The third-order valence-electron chi connectivity index (χ3n) is 4.18. The van der Waals surface area contributed by atoms with Gasteiger partial charge in [0, 0.05) is 26.1 Å². The van der Waals surface area contributed by atoms with Crippen molar-refractivity contribution in [1.82, 2.24) is 9.03 Å². The highest BCUT2D eigenvalue weighted by molar-refractivity contribution is 7.87. The first-order valence-corrected chi connectivity index (χ1v) is 9.03. The maximum absolute atomic E-state index is 12.2. The van der Waals surface area contributed by atoms with Gasteiger partial charge in [-0.3, -0.25) is 4.79 Å². The molecule has 1 aliphatic heterocycles. The van der Waals surface area contributed by atoms with E-state index in [4.69, 9.17) is 5.11 Å². The van der Waals surface area contributed by atoms with Crippen molar-refractivity contribution in [2.45, 2.75) is 52.9 Å². The predicted octanol–water partition coefficient (Wildman–Crippen LogP) is 1.83. The SMILES string of the molecule is CC1CCN(S(=O)(=O)NCCC(C)(C)CCC(=O)O)CC1. The summed E-state index contributed by atoms with van der Waals surface area (Å²) in [4.78, 5) is 10.6. The minimum Gasteiger partial charge on any atom is -0.481 e. The van der Waals surface area contributed by atoms with E-state index in [1.165, 1.54) is 4.31 Å². The van der Waals surface area contributed by atoms with Crippen LogP contribution in [0.4, 0.5) is 0 Å². The van der Waals surface area contributed by atoms with Gasteiger partial charge in [0.05, 0.1) is 0 Å². The van der Waals surface area contributed by atoms with Gasteiger partial charge in [0.1, 0.15) is 0 Å². The van der Waals surface area contributed by atoms with Gasteiger partial charge >= 0.3 is 5.97 Å². The highest BCUT2D eigenvalue weighted by Crippen LogP contribution is 2.26. The Bertz CT molecular complexity index is 440. The van der Waals surface area contributed by atoms with Gasteiger partial charge < -0.3 is 5.11 Å². The lowest BCUT2D eigenvalue weighted by Crippen LogP contribution is -2.45. The van der Waals surface area contributed by atoms with Crippen LogP contribution >= 0.6 is 0 Å². The number of carboxylic acids is 1. The second kappa shape index (κ2) is 7.56. The van der Waals surface area contributed by atoms with Crippen molar-refractivity contribution in [1.29, 1.82) is 0 Å². The molecule has 1 saturated heterocycles. The summed E-state index contributed by atoms with van der Waals surface area (Å²) in [5, 5.41) is 8.70. The summed E-state index contributed by atoms with van der Waals surface area (Å²) in [5.74, 6) is -0.225. The van der Waals surface area contributed by atoms with Crippen molar-refractivity contribution in [3.05, 3.63) is 0 Å². The van der Waals surface area contributed by atoms with E-state index in [9.17, 15) is 13.2 Å². The van der Waals surface area contributed by atoms with Crippen LogP contribution in [0.15, 0.2) is 0 Å². The summed E-state index contributed by atoms with van der Waals surface area (Å²) in [6, 6.07) is 0. The lowest BCUT2D eigenvalue weighted by molar-refractivity contribution is -0.137. The molecule has 21 heavy (non-hydrogen) atoms. The van der Waals surface area contributed by atoms with Crippen LogP contribution in [0.25, 0.3) is 0 Å². The van der Waals surface area contributed by atoms with Crippen molar-refractivity contribution >= 4 is 16.2 Å². The Morgan fingerprint density at radius 1 is 1.29 bits per heavy atom. The lowest BCUT2D eigenvalue weighted by atomic mass is 9.84. The number of hydrogen-bond acceptors (Lipinski definition) is 3. The van der Waals surface area contributed by atoms with E-state index in [1.807, 2.05) is 13.8 Å². The molecular formula is C14H28N2O4S. The number of nitrogens with zero attached hydrogens (tertiary/aromatic N) is 1. The average molecular weight is 320 g/mol. The molecule has 1 aliphatic rings. The number of rotatable bonds is 8. The molecule has 0 aliphatic carbocycles. The van der Waals surface area contributed by atoms with E-state index in [0.29, 0.717) is 38.4 Å². The molecule has 7 heteroatoms. The Kier molecular flexibility index (Phi) is 6.62. The van der Waals surface area contributed by atoms with Crippen LogP contribution in [-0.4, -0.2) is 43.4 Å².